The van der Waals surface area contributed by atoms with Gasteiger partial charge in [-0.25, -0.2) is 9.29 Å². The van der Waals surface area contributed by atoms with Gasteiger partial charge in [0.05, 0.1) is 11.3 Å². The summed E-state index contributed by atoms with van der Waals surface area (Å²) in [5.41, 5.74) is 1.59. The van der Waals surface area contributed by atoms with Crippen molar-refractivity contribution in [3.05, 3.63) is 65.6 Å². The fourth-order valence-corrected chi connectivity index (χ4v) is 3.88. The third-order valence-corrected chi connectivity index (χ3v) is 5.47. The molecule has 8 heteroatoms. The van der Waals surface area contributed by atoms with Crippen molar-refractivity contribution >= 4 is 34.7 Å². The van der Waals surface area contributed by atoms with E-state index in [2.05, 4.69) is 10.2 Å². The molecule has 0 unspecified atom stereocenters. The Morgan fingerprint density at radius 2 is 1.58 bits per heavy atom. The first-order chi connectivity index (χ1) is 14.9. The first-order valence-electron chi connectivity index (χ1n) is 10.1. The van der Waals surface area contributed by atoms with Gasteiger partial charge in [0, 0.05) is 38.8 Å². The van der Waals surface area contributed by atoms with Crippen molar-refractivity contribution in [3.63, 3.8) is 0 Å². The quantitative estimate of drug-likeness (QED) is 0.766. The van der Waals surface area contributed by atoms with Crippen molar-refractivity contribution in [1.82, 2.24) is 9.80 Å². The molecule has 0 radical (unpaired) electrons. The predicted molar refractivity (Wildman–Crippen MR) is 116 cm³/mol. The highest BCUT2D eigenvalue weighted by Crippen LogP contribution is 2.36. The summed E-state index contributed by atoms with van der Waals surface area (Å²) >= 11 is 0. The molecular formula is C23H23FN4O3. The van der Waals surface area contributed by atoms with Crippen LogP contribution in [0.15, 0.2) is 54.2 Å². The van der Waals surface area contributed by atoms with Crippen molar-refractivity contribution in [2.24, 2.45) is 0 Å². The standard InChI is InChI=1S/C23H23FN4O3/c1-15(29)25-17-9-7-16(8-10-17)20-21(27-13-11-26(2)12-14-27)23(31)28(22(20)30)19-6-4-3-5-18(19)24/h3-10H,11-14H2,1-2H3,(H,25,29). The number of imide groups is 1. The van der Waals surface area contributed by atoms with Crippen LogP contribution in [0.4, 0.5) is 15.8 Å². The van der Waals surface area contributed by atoms with E-state index in [1.165, 1.54) is 25.1 Å². The Kier molecular flexibility index (Phi) is 5.56. The number of hydrogen-bond donors (Lipinski definition) is 1. The van der Waals surface area contributed by atoms with Gasteiger partial charge >= 0.3 is 0 Å². The zero-order chi connectivity index (χ0) is 22.1. The minimum absolute atomic E-state index is 0.0611. The zero-order valence-corrected chi connectivity index (χ0v) is 17.4. The first kappa shape index (κ1) is 20.7. The molecule has 2 aromatic rings. The topological polar surface area (TPSA) is 73.0 Å². The lowest BCUT2D eigenvalue weighted by Crippen LogP contribution is -2.46. The highest BCUT2D eigenvalue weighted by atomic mass is 19.1. The van der Waals surface area contributed by atoms with Crippen LogP contribution < -0.4 is 10.2 Å². The monoisotopic (exact) mass is 422 g/mol. The second kappa shape index (κ2) is 8.31. The minimum Gasteiger partial charge on any atom is -0.364 e. The largest absolute Gasteiger partial charge is 0.364 e. The molecule has 1 saturated heterocycles. The molecule has 3 amide bonds. The number of likely N-dealkylation sites (N-methyl/N-ethyl adjacent to an activating group) is 1. The third kappa shape index (κ3) is 3.94. The Labute approximate surface area is 179 Å². The lowest BCUT2D eigenvalue weighted by molar-refractivity contribution is -0.121. The van der Waals surface area contributed by atoms with Crippen LogP contribution in [0.1, 0.15) is 12.5 Å². The lowest BCUT2D eigenvalue weighted by atomic mass is 10.0. The van der Waals surface area contributed by atoms with Crippen molar-refractivity contribution < 1.29 is 18.8 Å². The molecule has 160 valence electrons. The van der Waals surface area contributed by atoms with Gasteiger partial charge in [-0.1, -0.05) is 24.3 Å². The highest BCUT2D eigenvalue weighted by Gasteiger charge is 2.43. The van der Waals surface area contributed by atoms with Gasteiger partial charge in [-0.2, -0.15) is 0 Å². The fraction of sp³-hybridized carbons (Fsp3) is 0.261. The maximum absolute atomic E-state index is 14.5. The van der Waals surface area contributed by atoms with Crippen LogP contribution in [0.5, 0.6) is 0 Å². The van der Waals surface area contributed by atoms with Gasteiger partial charge < -0.3 is 15.1 Å². The number of rotatable bonds is 4. The van der Waals surface area contributed by atoms with Crippen molar-refractivity contribution in [1.29, 1.82) is 0 Å². The number of benzene rings is 2. The van der Waals surface area contributed by atoms with Crippen molar-refractivity contribution in [2.75, 3.05) is 43.4 Å². The number of nitrogens with one attached hydrogen (secondary N) is 1. The Morgan fingerprint density at radius 3 is 2.19 bits per heavy atom. The van der Waals surface area contributed by atoms with Crippen LogP contribution >= 0.6 is 0 Å². The van der Waals surface area contributed by atoms with Gasteiger partial charge in [0.15, 0.2) is 0 Å². The average molecular weight is 422 g/mol. The number of anilines is 2. The van der Waals surface area contributed by atoms with Crippen molar-refractivity contribution in [2.45, 2.75) is 6.92 Å². The molecule has 2 aromatic carbocycles. The summed E-state index contributed by atoms with van der Waals surface area (Å²) < 4.78 is 14.5. The smallest absolute Gasteiger partial charge is 0.282 e. The minimum atomic E-state index is -0.635. The SMILES string of the molecule is CC(=O)Nc1ccc(C2=C(N3CCN(C)CC3)C(=O)N(c3ccccc3F)C2=O)cc1. The van der Waals surface area contributed by atoms with Gasteiger partial charge in [-0.3, -0.25) is 14.4 Å². The molecule has 2 aliphatic rings. The van der Waals surface area contributed by atoms with Crippen LogP contribution in [0.2, 0.25) is 0 Å². The Hall–Kier alpha value is -3.52. The summed E-state index contributed by atoms with van der Waals surface area (Å²) in [6, 6.07) is 12.5. The summed E-state index contributed by atoms with van der Waals surface area (Å²) in [6.07, 6.45) is 0. The van der Waals surface area contributed by atoms with Gasteiger partial charge in [0.1, 0.15) is 11.5 Å². The second-order valence-corrected chi connectivity index (χ2v) is 7.67. The molecule has 0 atom stereocenters. The van der Waals surface area contributed by atoms with E-state index in [4.69, 9.17) is 0 Å². The number of hydrogen-bond acceptors (Lipinski definition) is 5. The maximum atomic E-state index is 14.5. The molecule has 1 fully saturated rings. The van der Waals surface area contributed by atoms with Crippen molar-refractivity contribution in [3.8, 4) is 0 Å². The first-order valence-corrected chi connectivity index (χ1v) is 10.1. The number of piperazine rings is 1. The number of carbonyl (C=O) groups is 3. The van der Waals surface area contributed by atoms with Crippen LogP contribution in [0.25, 0.3) is 5.57 Å². The summed E-state index contributed by atoms with van der Waals surface area (Å²) in [5, 5.41) is 2.68. The molecule has 0 saturated carbocycles. The zero-order valence-electron chi connectivity index (χ0n) is 17.4. The predicted octanol–water partition coefficient (Wildman–Crippen LogP) is 2.32. The van der Waals surface area contributed by atoms with E-state index < -0.39 is 17.6 Å². The molecule has 0 spiro atoms. The van der Waals surface area contributed by atoms with E-state index >= 15 is 0 Å². The molecule has 2 aliphatic heterocycles. The number of amides is 3. The molecular weight excluding hydrogens is 399 g/mol. The molecule has 2 heterocycles. The average Bonchev–Trinajstić information content (AvgIpc) is 2.99. The highest BCUT2D eigenvalue weighted by molar-refractivity contribution is 6.45. The molecule has 1 N–H and O–H groups in total. The van der Waals surface area contributed by atoms with Gasteiger partial charge in [-0.05, 0) is 36.9 Å². The van der Waals surface area contributed by atoms with Gasteiger partial charge in [0.2, 0.25) is 5.91 Å². The van der Waals surface area contributed by atoms with E-state index in [0.717, 1.165) is 18.0 Å². The van der Waals surface area contributed by atoms with Crippen LogP contribution in [-0.2, 0) is 14.4 Å². The number of carbonyl (C=O) groups excluding carboxylic acids is 3. The molecule has 0 aromatic heterocycles. The van der Waals surface area contributed by atoms with E-state index in [1.807, 2.05) is 11.9 Å². The Bertz CT molecular complexity index is 1070. The third-order valence-electron chi connectivity index (χ3n) is 5.47. The number of halogens is 1. The summed E-state index contributed by atoms with van der Waals surface area (Å²) in [7, 11) is 2.00. The summed E-state index contributed by atoms with van der Waals surface area (Å²) in [6.45, 7) is 4.08. The molecule has 0 aliphatic carbocycles. The number of nitrogens with zero attached hydrogens (tertiary/aromatic N) is 3. The van der Waals surface area contributed by atoms with Gasteiger partial charge in [-0.15, -0.1) is 0 Å². The Balaban J connectivity index is 1.78. The lowest BCUT2D eigenvalue weighted by Gasteiger charge is -2.34. The summed E-state index contributed by atoms with van der Waals surface area (Å²) in [4.78, 5) is 43.1. The molecule has 31 heavy (non-hydrogen) atoms. The molecule has 0 bridgehead atoms. The van der Waals surface area contributed by atoms with Crippen LogP contribution in [-0.4, -0.2) is 60.7 Å². The summed E-state index contributed by atoms with van der Waals surface area (Å²) in [5.74, 6) is -1.93. The fourth-order valence-electron chi connectivity index (χ4n) is 3.88. The molecule has 7 nitrogen and oxygen atoms in total. The normalized spacial score (nSPS) is 17.5. The van der Waals surface area contributed by atoms with E-state index in [-0.39, 0.29) is 22.9 Å². The van der Waals surface area contributed by atoms with Crippen LogP contribution in [0, 0.1) is 5.82 Å². The Morgan fingerprint density at radius 1 is 0.935 bits per heavy atom. The molecule has 4 rings (SSSR count). The van der Waals surface area contributed by atoms with E-state index in [1.54, 1.807) is 30.3 Å². The van der Waals surface area contributed by atoms with E-state index in [9.17, 15) is 18.8 Å². The number of para-hydroxylation sites is 1. The van der Waals surface area contributed by atoms with E-state index in [0.29, 0.717) is 24.3 Å². The second-order valence-electron chi connectivity index (χ2n) is 7.67. The van der Waals surface area contributed by atoms with Gasteiger partial charge in [0.25, 0.3) is 11.8 Å². The maximum Gasteiger partial charge on any atom is 0.282 e. The van der Waals surface area contributed by atoms with Crippen LogP contribution in [0.3, 0.4) is 0 Å².